The minimum atomic E-state index is -1.33. The summed E-state index contributed by atoms with van der Waals surface area (Å²) in [6.45, 7) is 0. The molecule has 3 aromatic carbocycles. The topological polar surface area (TPSA) is 214 Å². The second-order valence-corrected chi connectivity index (χ2v) is 10.0. The molecule has 0 saturated heterocycles. The van der Waals surface area contributed by atoms with Crippen molar-refractivity contribution in [3.63, 3.8) is 0 Å². The Balaban J connectivity index is 1.84. The summed E-state index contributed by atoms with van der Waals surface area (Å²) in [5.41, 5.74) is 12.9. The van der Waals surface area contributed by atoms with Gasteiger partial charge in [0.15, 0.2) is 0 Å². The van der Waals surface area contributed by atoms with E-state index in [1.54, 1.807) is 72.8 Å². The molecule has 3 rings (SSSR count). The van der Waals surface area contributed by atoms with Crippen molar-refractivity contribution in [2.45, 2.75) is 49.9 Å². The summed E-state index contributed by atoms with van der Waals surface area (Å²) < 4.78 is 0. The minimum Gasteiger partial charge on any atom is -0.508 e. The predicted molar refractivity (Wildman–Crippen MR) is 157 cm³/mol. The van der Waals surface area contributed by atoms with Crippen LogP contribution >= 0.6 is 0 Å². The molecule has 12 heteroatoms. The van der Waals surface area contributed by atoms with Gasteiger partial charge in [-0.3, -0.25) is 19.2 Å². The number of carboxylic acids is 1. The molecule has 0 bridgehead atoms. The van der Waals surface area contributed by atoms with Crippen molar-refractivity contribution in [1.82, 2.24) is 16.0 Å². The summed E-state index contributed by atoms with van der Waals surface area (Å²) in [7, 11) is 0. The lowest BCUT2D eigenvalue weighted by Gasteiger charge is -2.25. The first-order chi connectivity index (χ1) is 20.5. The van der Waals surface area contributed by atoms with Gasteiger partial charge in [0.2, 0.25) is 23.6 Å². The summed E-state index contributed by atoms with van der Waals surface area (Å²) >= 11 is 0. The van der Waals surface area contributed by atoms with Gasteiger partial charge < -0.3 is 37.6 Å². The summed E-state index contributed by atoms with van der Waals surface area (Å²) in [5, 5.41) is 27.0. The molecule has 0 aliphatic heterocycles. The average Bonchev–Trinajstić information content (AvgIpc) is 2.97. The van der Waals surface area contributed by atoms with Crippen LogP contribution in [0.4, 0.5) is 0 Å². The molecule has 0 aromatic heterocycles. The Bertz CT molecular complexity index is 1400. The maximum absolute atomic E-state index is 13.6. The number of rotatable bonds is 15. The molecule has 0 aliphatic rings. The third-order valence-corrected chi connectivity index (χ3v) is 6.58. The molecule has 3 aromatic rings. The van der Waals surface area contributed by atoms with Gasteiger partial charge in [0.25, 0.3) is 0 Å². The normalized spacial score (nSPS) is 13.5. The van der Waals surface area contributed by atoms with E-state index in [1.807, 2.05) is 0 Å². The molecule has 0 radical (unpaired) electrons. The zero-order valence-electron chi connectivity index (χ0n) is 23.3. The number of benzene rings is 3. The molecule has 4 atom stereocenters. The van der Waals surface area contributed by atoms with E-state index in [0.717, 1.165) is 0 Å². The molecule has 12 nitrogen and oxygen atoms in total. The molecular formula is C31H35N5O7. The van der Waals surface area contributed by atoms with Gasteiger partial charge in [0, 0.05) is 19.3 Å². The highest BCUT2D eigenvalue weighted by molar-refractivity contribution is 5.95. The number of carbonyl (C=O) groups excluding carboxylic acids is 4. The Kier molecular flexibility index (Phi) is 11.8. The largest absolute Gasteiger partial charge is 0.508 e. The molecule has 4 amide bonds. The number of phenolic OH excluding ortho intramolecular Hbond substituents is 1. The highest BCUT2D eigenvalue weighted by atomic mass is 16.4. The molecule has 0 saturated carbocycles. The zero-order valence-corrected chi connectivity index (χ0v) is 23.3. The second-order valence-electron chi connectivity index (χ2n) is 10.0. The van der Waals surface area contributed by atoms with Gasteiger partial charge in [-0.25, -0.2) is 4.79 Å². The maximum Gasteiger partial charge on any atom is 0.326 e. The third kappa shape index (κ3) is 10.6. The lowest BCUT2D eigenvalue weighted by molar-refractivity contribution is -0.142. The third-order valence-electron chi connectivity index (χ3n) is 6.58. The number of primary amides is 1. The van der Waals surface area contributed by atoms with Crippen LogP contribution in [-0.2, 0) is 43.2 Å². The summed E-state index contributed by atoms with van der Waals surface area (Å²) in [4.78, 5) is 63.1. The number of phenols is 1. The van der Waals surface area contributed by atoms with Crippen molar-refractivity contribution >= 4 is 29.6 Å². The summed E-state index contributed by atoms with van der Waals surface area (Å²) in [6, 6.07) is 18.5. The summed E-state index contributed by atoms with van der Waals surface area (Å²) in [5.74, 6) is -4.31. The van der Waals surface area contributed by atoms with Crippen molar-refractivity contribution in [3.05, 3.63) is 102 Å². The van der Waals surface area contributed by atoms with Crippen LogP contribution in [0.15, 0.2) is 84.9 Å². The fraction of sp³-hybridized carbons (Fsp3) is 0.258. The number of amides is 4. The van der Waals surface area contributed by atoms with Crippen LogP contribution < -0.4 is 27.4 Å². The molecule has 226 valence electrons. The van der Waals surface area contributed by atoms with E-state index < -0.39 is 60.2 Å². The minimum absolute atomic E-state index is 0.0121. The highest BCUT2D eigenvalue weighted by Gasteiger charge is 2.31. The Labute approximate surface area is 248 Å². The van der Waals surface area contributed by atoms with E-state index in [-0.39, 0.29) is 25.0 Å². The Hall–Kier alpha value is -5.23. The van der Waals surface area contributed by atoms with Gasteiger partial charge in [0.1, 0.15) is 23.9 Å². The van der Waals surface area contributed by atoms with Crippen molar-refractivity contribution in [2.75, 3.05) is 0 Å². The Morgan fingerprint density at radius 2 is 1.00 bits per heavy atom. The smallest absolute Gasteiger partial charge is 0.326 e. The van der Waals surface area contributed by atoms with Gasteiger partial charge >= 0.3 is 5.97 Å². The number of aliphatic carboxylic acids is 1. The lowest BCUT2D eigenvalue weighted by atomic mass is 10.0. The van der Waals surface area contributed by atoms with Gasteiger partial charge in [0.05, 0.1) is 12.5 Å². The number of nitrogens with two attached hydrogens (primary N) is 2. The fourth-order valence-corrected chi connectivity index (χ4v) is 4.32. The van der Waals surface area contributed by atoms with Gasteiger partial charge in [-0.15, -0.1) is 0 Å². The first kappa shape index (κ1) is 32.3. The quantitative estimate of drug-likeness (QED) is 0.129. The van der Waals surface area contributed by atoms with Crippen LogP contribution in [-0.4, -0.2) is 64.0 Å². The van der Waals surface area contributed by atoms with E-state index in [2.05, 4.69) is 16.0 Å². The van der Waals surface area contributed by atoms with Gasteiger partial charge in [-0.05, 0) is 28.8 Å². The maximum atomic E-state index is 13.6. The van der Waals surface area contributed by atoms with Crippen LogP contribution in [0.3, 0.4) is 0 Å². The number of hydrogen-bond acceptors (Lipinski definition) is 7. The van der Waals surface area contributed by atoms with E-state index in [0.29, 0.717) is 16.7 Å². The fourth-order valence-electron chi connectivity index (χ4n) is 4.32. The highest BCUT2D eigenvalue weighted by Crippen LogP contribution is 2.12. The molecule has 43 heavy (non-hydrogen) atoms. The monoisotopic (exact) mass is 589 g/mol. The number of aromatic hydroxyl groups is 1. The van der Waals surface area contributed by atoms with Crippen LogP contribution in [0.1, 0.15) is 23.1 Å². The van der Waals surface area contributed by atoms with Crippen molar-refractivity contribution in [3.8, 4) is 5.75 Å². The number of hydrogen-bond donors (Lipinski definition) is 7. The average molecular weight is 590 g/mol. The number of carboxylic acid groups (broad SMARTS) is 1. The van der Waals surface area contributed by atoms with Crippen molar-refractivity contribution in [1.29, 1.82) is 0 Å². The SMILES string of the molecule is NC(=O)CC(N)C(=O)NC(Cc1ccccc1)C(=O)NC(Cc1ccccc1)C(=O)NC(Cc1ccc(O)cc1)C(=O)O. The van der Waals surface area contributed by atoms with Crippen LogP contribution in [0.25, 0.3) is 0 Å². The first-order valence-electron chi connectivity index (χ1n) is 13.6. The van der Waals surface area contributed by atoms with E-state index in [1.165, 1.54) is 12.1 Å². The first-order valence-corrected chi connectivity index (χ1v) is 13.6. The second kappa shape index (κ2) is 15.7. The summed E-state index contributed by atoms with van der Waals surface area (Å²) in [6.07, 6.45) is -0.433. The lowest BCUT2D eigenvalue weighted by Crippen LogP contribution is -2.58. The molecule has 0 spiro atoms. The van der Waals surface area contributed by atoms with E-state index in [4.69, 9.17) is 11.5 Å². The van der Waals surface area contributed by atoms with Crippen molar-refractivity contribution in [2.24, 2.45) is 11.5 Å². The standard InChI is InChI=1S/C31H35N5O7/c32-23(18-27(33)38)28(39)34-24(15-19-7-3-1-4-8-19)29(40)35-25(16-20-9-5-2-6-10-20)30(41)36-26(31(42)43)17-21-11-13-22(37)14-12-21/h1-14,23-26,37H,15-18,32H2,(H2,33,38)(H,34,39)(H,35,40)(H,36,41)(H,42,43). The number of nitrogens with one attached hydrogen (secondary N) is 3. The van der Waals surface area contributed by atoms with Crippen LogP contribution in [0.5, 0.6) is 5.75 Å². The van der Waals surface area contributed by atoms with E-state index in [9.17, 15) is 34.2 Å². The van der Waals surface area contributed by atoms with E-state index >= 15 is 0 Å². The van der Waals surface area contributed by atoms with Gasteiger partial charge in [-0.1, -0.05) is 72.8 Å². The predicted octanol–water partition coefficient (Wildman–Crippen LogP) is 0.162. The molecule has 4 unspecified atom stereocenters. The molecule has 0 fully saturated rings. The van der Waals surface area contributed by atoms with Gasteiger partial charge in [-0.2, -0.15) is 0 Å². The van der Waals surface area contributed by atoms with Crippen LogP contribution in [0.2, 0.25) is 0 Å². The van der Waals surface area contributed by atoms with Crippen molar-refractivity contribution < 1.29 is 34.2 Å². The Morgan fingerprint density at radius 1 is 0.605 bits per heavy atom. The molecular weight excluding hydrogens is 554 g/mol. The molecule has 9 N–H and O–H groups in total. The molecule has 0 aliphatic carbocycles. The number of carbonyl (C=O) groups is 5. The zero-order chi connectivity index (χ0) is 31.4. The van der Waals surface area contributed by atoms with Crippen LogP contribution in [0, 0.1) is 0 Å². The molecule has 0 heterocycles. The Morgan fingerprint density at radius 3 is 1.44 bits per heavy atom.